The summed E-state index contributed by atoms with van der Waals surface area (Å²) in [7, 11) is 0. The molecule has 6 atom stereocenters. The van der Waals surface area contributed by atoms with Gasteiger partial charge in [-0.05, 0) is 0 Å². The van der Waals surface area contributed by atoms with Gasteiger partial charge in [0.25, 0.3) is 5.79 Å². The van der Waals surface area contributed by atoms with Gasteiger partial charge >= 0.3 is 11.9 Å². The van der Waals surface area contributed by atoms with E-state index in [1.807, 2.05) is 0 Å². The summed E-state index contributed by atoms with van der Waals surface area (Å²) in [6, 6.07) is -1.24. The lowest BCUT2D eigenvalue weighted by Gasteiger charge is -2.43. The Morgan fingerprint density at radius 2 is 2.05 bits per heavy atom. The van der Waals surface area contributed by atoms with E-state index in [2.05, 4.69) is 4.74 Å². The van der Waals surface area contributed by atoms with E-state index in [1.165, 1.54) is 0 Å². The second-order valence-corrected chi connectivity index (χ2v) is 4.84. The minimum Gasteiger partial charge on any atom is -0.394 e. The summed E-state index contributed by atoms with van der Waals surface area (Å²) in [5, 5.41) is 47.7. The van der Waals surface area contributed by atoms with Crippen LogP contribution in [0.5, 0.6) is 0 Å². The minimum absolute atomic E-state index is 0.682. The lowest BCUT2D eigenvalue weighted by molar-refractivity contribution is -0.293. The van der Waals surface area contributed by atoms with Crippen LogP contribution < -0.4 is 5.73 Å². The standard InChI is InChI=1S/C11H19NO9/c1-4(14)20-10(18)11(19)2-5(15)7(12)9(21-11)8(17)6(16)3-13/h5-9,13,15-17,19H,2-3,12H2,1H3/t5-,6?,7+,8?,9+,11?/m0/s1. The number of aliphatic hydroxyl groups is 5. The minimum atomic E-state index is -2.71. The molecule has 1 fully saturated rings. The van der Waals surface area contributed by atoms with Gasteiger partial charge in [-0.25, -0.2) is 4.79 Å². The molecule has 21 heavy (non-hydrogen) atoms. The third-order valence-electron chi connectivity index (χ3n) is 3.11. The summed E-state index contributed by atoms with van der Waals surface area (Å²) in [5.41, 5.74) is 5.58. The van der Waals surface area contributed by atoms with Crippen molar-refractivity contribution in [1.82, 2.24) is 0 Å². The molecule has 1 heterocycles. The maximum absolute atomic E-state index is 11.6. The van der Waals surface area contributed by atoms with Crippen molar-refractivity contribution in [2.45, 2.75) is 49.6 Å². The zero-order valence-corrected chi connectivity index (χ0v) is 11.2. The predicted octanol–water partition coefficient (Wildman–Crippen LogP) is -4.04. The van der Waals surface area contributed by atoms with Crippen LogP contribution in [0.15, 0.2) is 0 Å². The van der Waals surface area contributed by atoms with Crippen molar-refractivity contribution in [3.05, 3.63) is 0 Å². The normalized spacial score (nSPS) is 35.9. The number of rotatable bonds is 4. The van der Waals surface area contributed by atoms with E-state index in [-0.39, 0.29) is 0 Å². The van der Waals surface area contributed by atoms with E-state index in [0.717, 1.165) is 6.92 Å². The molecular weight excluding hydrogens is 290 g/mol. The molecule has 122 valence electrons. The van der Waals surface area contributed by atoms with Gasteiger partial charge in [0.05, 0.1) is 18.8 Å². The summed E-state index contributed by atoms with van der Waals surface area (Å²) in [6.45, 7) is 0.0915. The molecule has 0 aliphatic carbocycles. The highest BCUT2D eigenvalue weighted by molar-refractivity contribution is 5.88. The molecule has 7 N–H and O–H groups in total. The number of nitrogens with two attached hydrogens (primary N) is 1. The molecular formula is C11H19NO9. The Kier molecular flexibility index (Phi) is 5.75. The van der Waals surface area contributed by atoms with Crippen LogP contribution in [0.25, 0.3) is 0 Å². The van der Waals surface area contributed by atoms with Gasteiger partial charge in [-0.2, -0.15) is 0 Å². The second kappa shape index (κ2) is 6.75. The fraction of sp³-hybridized carbons (Fsp3) is 0.818. The summed E-state index contributed by atoms with van der Waals surface area (Å²) in [4.78, 5) is 22.4. The van der Waals surface area contributed by atoms with Gasteiger partial charge in [-0.15, -0.1) is 0 Å². The fourth-order valence-electron chi connectivity index (χ4n) is 1.96. The van der Waals surface area contributed by atoms with E-state index >= 15 is 0 Å². The van der Waals surface area contributed by atoms with Crippen LogP contribution in [0.2, 0.25) is 0 Å². The molecule has 0 saturated carbocycles. The maximum Gasteiger partial charge on any atom is 0.374 e. The van der Waals surface area contributed by atoms with Crippen LogP contribution in [0.4, 0.5) is 0 Å². The van der Waals surface area contributed by atoms with Crippen LogP contribution in [0.1, 0.15) is 13.3 Å². The zero-order valence-electron chi connectivity index (χ0n) is 11.2. The first kappa shape index (κ1) is 17.9. The summed E-state index contributed by atoms with van der Waals surface area (Å²) >= 11 is 0. The van der Waals surface area contributed by atoms with Crippen molar-refractivity contribution in [3.8, 4) is 0 Å². The number of carbonyl (C=O) groups excluding carboxylic acids is 2. The number of hydrogen-bond donors (Lipinski definition) is 6. The molecule has 10 nitrogen and oxygen atoms in total. The number of esters is 2. The number of carbonyl (C=O) groups is 2. The highest BCUT2D eigenvalue weighted by Gasteiger charge is 2.53. The van der Waals surface area contributed by atoms with Crippen LogP contribution in [0, 0.1) is 0 Å². The lowest BCUT2D eigenvalue weighted by Crippen LogP contribution is -2.66. The summed E-state index contributed by atoms with van der Waals surface area (Å²) in [6.07, 6.45) is -7.18. The van der Waals surface area contributed by atoms with Crippen LogP contribution >= 0.6 is 0 Å². The number of hydrogen-bond acceptors (Lipinski definition) is 10. The van der Waals surface area contributed by atoms with E-state index in [0.29, 0.717) is 0 Å². The molecule has 3 unspecified atom stereocenters. The molecule has 1 aliphatic heterocycles. The average molecular weight is 309 g/mol. The molecule has 0 radical (unpaired) electrons. The molecule has 0 amide bonds. The quantitative estimate of drug-likeness (QED) is 0.221. The van der Waals surface area contributed by atoms with Crippen molar-refractivity contribution in [3.63, 3.8) is 0 Å². The molecule has 0 aromatic carbocycles. The number of aliphatic hydroxyl groups excluding tert-OH is 4. The van der Waals surface area contributed by atoms with Gasteiger partial charge < -0.3 is 40.7 Å². The maximum atomic E-state index is 11.6. The lowest BCUT2D eigenvalue weighted by atomic mass is 9.89. The molecule has 0 aromatic heterocycles. The van der Waals surface area contributed by atoms with Gasteiger partial charge in [-0.3, -0.25) is 4.79 Å². The molecule has 0 spiro atoms. The van der Waals surface area contributed by atoms with E-state index in [1.54, 1.807) is 0 Å². The summed E-state index contributed by atoms with van der Waals surface area (Å²) in [5.74, 6) is -5.19. The van der Waals surface area contributed by atoms with Crippen LogP contribution in [-0.2, 0) is 19.1 Å². The molecule has 0 aromatic rings. The predicted molar refractivity (Wildman–Crippen MR) is 64.3 cm³/mol. The highest BCUT2D eigenvalue weighted by atomic mass is 16.7. The first-order chi connectivity index (χ1) is 9.62. The van der Waals surface area contributed by atoms with Gasteiger partial charge in [0.1, 0.15) is 18.3 Å². The topological polar surface area (TPSA) is 180 Å². The van der Waals surface area contributed by atoms with E-state index in [9.17, 15) is 30.0 Å². The average Bonchev–Trinajstić information content (AvgIpc) is 2.40. The van der Waals surface area contributed by atoms with Crippen molar-refractivity contribution < 1.29 is 44.6 Å². The third-order valence-corrected chi connectivity index (χ3v) is 3.11. The number of ether oxygens (including phenoxy) is 2. The Morgan fingerprint density at radius 1 is 1.48 bits per heavy atom. The smallest absolute Gasteiger partial charge is 0.374 e. The molecule has 0 bridgehead atoms. The van der Waals surface area contributed by atoms with Crippen LogP contribution in [-0.4, -0.2) is 80.3 Å². The SMILES string of the molecule is CC(=O)OC(=O)C1(O)C[C@H](O)[C@@H](N)[C@H](C(O)C(O)CO)O1. The van der Waals surface area contributed by atoms with Crippen molar-refractivity contribution in [2.75, 3.05) is 6.61 Å². The second-order valence-electron chi connectivity index (χ2n) is 4.84. The van der Waals surface area contributed by atoms with Crippen molar-refractivity contribution in [2.24, 2.45) is 5.73 Å². The zero-order chi connectivity index (χ0) is 16.4. The third kappa shape index (κ3) is 3.95. The van der Waals surface area contributed by atoms with E-state index in [4.69, 9.17) is 15.6 Å². The Hall–Kier alpha value is -1.14. The Morgan fingerprint density at radius 3 is 2.52 bits per heavy atom. The Balaban J connectivity index is 2.96. The first-order valence-corrected chi connectivity index (χ1v) is 6.16. The fourth-order valence-corrected chi connectivity index (χ4v) is 1.96. The van der Waals surface area contributed by atoms with Gasteiger partial charge in [0.2, 0.25) is 0 Å². The summed E-state index contributed by atoms with van der Waals surface area (Å²) < 4.78 is 9.12. The molecule has 1 rings (SSSR count). The van der Waals surface area contributed by atoms with Crippen LogP contribution in [0.3, 0.4) is 0 Å². The first-order valence-electron chi connectivity index (χ1n) is 6.16. The Labute approximate surface area is 119 Å². The highest BCUT2D eigenvalue weighted by Crippen LogP contribution is 2.30. The largest absolute Gasteiger partial charge is 0.394 e. The molecule has 10 heteroatoms. The van der Waals surface area contributed by atoms with Gasteiger partial charge in [0.15, 0.2) is 0 Å². The van der Waals surface area contributed by atoms with E-state index < -0.39 is 61.2 Å². The Bertz CT molecular complexity index is 403. The van der Waals surface area contributed by atoms with Gasteiger partial charge in [0, 0.05) is 13.3 Å². The molecule has 1 aliphatic rings. The monoisotopic (exact) mass is 309 g/mol. The van der Waals surface area contributed by atoms with Crippen molar-refractivity contribution >= 4 is 11.9 Å². The van der Waals surface area contributed by atoms with Crippen molar-refractivity contribution in [1.29, 1.82) is 0 Å². The van der Waals surface area contributed by atoms with Gasteiger partial charge in [-0.1, -0.05) is 0 Å². The molecule has 1 saturated heterocycles.